The largest absolute Gasteiger partial charge is 0.412 e. The first-order valence-corrected chi connectivity index (χ1v) is 5.19. The Morgan fingerprint density at radius 2 is 1.36 bits per heavy atom. The Hall–Kier alpha value is -0.130. The highest BCUT2D eigenvalue weighted by Gasteiger charge is 1.81. The maximum absolute atomic E-state index is 9.19. The van der Waals surface area contributed by atoms with E-state index in [1.807, 2.05) is 0 Å². The van der Waals surface area contributed by atoms with Crippen LogP contribution in [-0.4, -0.2) is 24.7 Å². The van der Waals surface area contributed by atoms with Gasteiger partial charge in [-0.15, -0.1) is 0 Å². The first-order chi connectivity index (χ1) is 4.41. The molecule has 0 bridgehead atoms. The van der Waals surface area contributed by atoms with E-state index in [2.05, 4.69) is 13.8 Å². The van der Waals surface area contributed by atoms with Crippen molar-refractivity contribution >= 4 is 10.1 Å². The minimum Gasteiger partial charge on any atom is -0.412 e. The monoisotopic (exact) mass is 186 g/mol. The fraction of sp³-hybridized carbons (Fsp3) is 1.00. The van der Waals surface area contributed by atoms with E-state index in [-0.39, 0.29) is 5.48 Å². The van der Waals surface area contributed by atoms with Crippen molar-refractivity contribution in [1.82, 2.24) is 0 Å². The fourth-order valence-corrected chi connectivity index (χ4v) is 0.354. The average Bonchev–Trinajstić information content (AvgIpc) is 1.63. The molecule has 0 aromatic heterocycles. The van der Waals surface area contributed by atoms with Crippen LogP contribution in [0.2, 0.25) is 0 Å². The van der Waals surface area contributed by atoms with Crippen LogP contribution in [0.1, 0.15) is 33.1 Å². The number of unbranched alkanes of at least 4 members (excludes halogenated alkanes) is 2. The summed E-state index contributed by atoms with van der Waals surface area (Å²) in [6.45, 7) is 4.42. The highest BCUT2D eigenvalue weighted by atomic mass is 32.2. The Balaban J connectivity index is -0.000000107. The van der Waals surface area contributed by atoms with Crippen LogP contribution in [0, 0.1) is 0 Å². The maximum Gasteiger partial charge on any atom is 0.261 e. The van der Waals surface area contributed by atoms with Crippen molar-refractivity contribution in [1.29, 1.82) is 0 Å². The predicted molar refractivity (Wildman–Crippen MR) is 46.3 cm³/mol. The quantitative estimate of drug-likeness (QED) is 0.649. The Bertz CT molecular complexity index is 129. The van der Waals surface area contributed by atoms with E-state index in [9.17, 15) is 8.42 Å². The summed E-state index contributed by atoms with van der Waals surface area (Å²) in [5, 5.41) is 0. The highest BCUT2D eigenvalue weighted by Crippen LogP contribution is 1.88. The van der Waals surface area contributed by atoms with Gasteiger partial charge in [0.25, 0.3) is 10.1 Å². The topological polar surface area (TPSA) is 85.9 Å². The fourth-order valence-electron chi connectivity index (χ4n) is 0.354. The van der Waals surface area contributed by atoms with E-state index in [1.54, 1.807) is 0 Å². The molecule has 0 saturated carbocycles. The SMILES string of the molecule is CCCCC.CS(=O)(=O)O.O. The Kier molecular flexibility index (Phi) is 15.3. The Morgan fingerprint density at radius 3 is 1.36 bits per heavy atom. The molecule has 4 nitrogen and oxygen atoms in total. The maximum atomic E-state index is 9.19. The molecule has 3 N–H and O–H groups in total. The number of hydrogen-bond donors (Lipinski definition) is 1. The molecule has 0 aliphatic carbocycles. The molecule has 11 heavy (non-hydrogen) atoms. The Morgan fingerprint density at radius 1 is 1.18 bits per heavy atom. The smallest absolute Gasteiger partial charge is 0.261 e. The lowest BCUT2D eigenvalue weighted by Gasteiger charge is -1.79. The van der Waals surface area contributed by atoms with Gasteiger partial charge in [0.1, 0.15) is 0 Å². The van der Waals surface area contributed by atoms with Crippen molar-refractivity contribution in [3.63, 3.8) is 0 Å². The van der Waals surface area contributed by atoms with Crippen molar-refractivity contribution in [2.45, 2.75) is 33.1 Å². The van der Waals surface area contributed by atoms with Gasteiger partial charge in [0, 0.05) is 0 Å². The van der Waals surface area contributed by atoms with Crippen LogP contribution in [0.25, 0.3) is 0 Å². The van der Waals surface area contributed by atoms with Crippen molar-refractivity contribution in [2.24, 2.45) is 0 Å². The lowest BCUT2D eigenvalue weighted by molar-refractivity contribution is 0.490. The molecular weight excluding hydrogens is 168 g/mol. The summed E-state index contributed by atoms with van der Waals surface area (Å²) in [6, 6.07) is 0. The van der Waals surface area contributed by atoms with Crippen LogP contribution in [0.4, 0.5) is 0 Å². The third kappa shape index (κ3) is 175. The van der Waals surface area contributed by atoms with E-state index in [0.717, 1.165) is 0 Å². The zero-order chi connectivity index (χ0) is 8.62. The molecule has 0 aromatic carbocycles. The molecule has 0 rings (SSSR count). The third-order valence-electron chi connectivity index (χ3n) is 0.707. The molecule has 0 spiro atoms. The summed E-state index contributed by atoms with van der Waals surface area (Å²) in [5.41, 5.74) is 0. The highest BCUT2D eigenvalue weighted by molar-refractivity contribution is 7.85. The van der Waals surface area contributed by atoms with Crippen molar-refractivity contribution in [3.05, 3.63) is 0 Å². The molecule has 0 amide bonds. The van der Waals surface area contributed by atoms with Crippen LogP contribution in [0.3, 0.4) is 0 Å². The van der Waals surface area contributed by atoms with Gasteiger partial charge in [-0.3, -0.25) is 4.55 Å². The number of hydrogen-bond acceptors (Lipinski definition) is 2. The van der Waals surface area contributed by atoms with E-state index >= 15 is 0 Å². The normalized spacial score (nSPS) is 9.09. The van der Waals surface area contributed by atoms with Crippen molar-refractivity contribution in [2.75, 3.05) is 6.26 Å². The molecule has 72 valence electrons. The zero-order valence-electron chi connectivity index (χ0n) is 7.29. The molecule has 0 saturated heterocycles. The van der Waals surface area contributed by atoms with Gasteiger partial charge < -0.3 is 5.48 Å². The second kappa shape index (κ2) is 9.87. The molecule has 0 atom stereocenters. The second-order valence-corrected chi connectivity index (χ2v) is 3.55. The standard InChI is InChI=1S/C5H12.CH4O3S.H2O/c1-3-5-4-2;1-5(2,3)4;/h3-5H2,1-2H3;1H3,(H,2,3,4);1H2. The first kappa shape index (κ1) is 17.1. The molecule has 0 aromatic rings. The van der Waals surface area contributed by atoms with Gasteiger partial charge in [0.15, 0.2) is 0 Å². The lowest BCUT2D eigenvalue weighted by atomic mass is 10.3. The molecule has 5 heteroatoms. The minimum absolute atomic E-state index is 0. The predicted octanol–water partition coefficient (Wildman–Crippen LogP) is 0.876. The van der Waals surface area contributed by atoms with Crippen LogP contribution < -0.4 is 0 Å². The van der Waals surface area contributed by atoms with Gasteiger partial charge >= 0.3 is 0 Å². The molecule has 0 fully saturated rings. The van der Waals surface area contributed by atoms with E-state index in [1.165, 1.54) is 19.3 Å². The summed E-state index contributed by atoms with van der Waals surface area (Å²) < 4.78 is 25.9. The van der Waals surface area contributed by atoms with Gasteiger partial charge in [-0.05, 0) is 0 Å². The van der Waals surface area contributed by atoms with E-state index < -0.39 is 10.1 Å². The second-order valence-electron chi connectivity index (χ2n) is 2.09. The summed E-state index contributed by atoms with van der Waals surface area (Å²) in [7, 11) is -3.67. The van der Waals surface area contributed by atoms with Gasteiger partial charge in [-0.25, -0.2) is 0 Å². The van der Waals surface area contributed by atoms with Gasteiger partial charge in [-0.2, -0.15) is 8.42 Å². The van der Waals surface area contributed by atoms with Crippen molar-refractivity contribution < 1.29 is 18.4 Å². The third-order valence-corrected chi connectivity index (χ3v) is 0.707. The van der Waals surface area contributed by atoms with Crippen LogP contribution in [-0.2, 0) is 10.1 Å². The molecular formula is C6H18O4S. The summed E-state index contributed by atoms with van der Waals surface area (Å²) in [6.07, 6.45) is 4.79. The van der Waals surface area contributed by atoms with Gasteiger partial charge in [0.05, 0.1) is 6.26 Å². The van der Waals surface area contributed by atoms with Crippen LogP contribution >= 0.6 is 0 Å². The lowest BCUT2D eigenvalue weighted by Crippen LogP contribution is -1.88. The molecule has 0 heterocycles. The van der Waals surface area contributed by atoms with E-state index in [0.29, 0.717) is 6.26 Å². The molecule has 0 aliphatic rings. The Labute approximate surface area is 68.7 Å². The number of rotatable bonds is 2. The average molecular weight is 186 g/mol. The molecule has 0 radical (unpaired) electrons. The van der Waals surface area contributed by atoms with Gasteiger partial charge in [-0.1, -0.05) is 33.1 Å². The zero-order valence-corrected chi connectivity index (χ0v) is 8.11. The molecule has 0 aliphatic heterocycles. The summed E-state index contributed by atoms with van der Waals surface area (Å²) in [4.78, 5) is 0. The first-order valence-electron chi connectivity index (χ1n) is 3.34. The summed E-state index contributed by atoms with van der Waals surface area (Å²) in [5.74, 6) is 0. The summed E-state index contributed by atoms with van der Waals surface area (Å²) >= 11 is 0. The van der Waals surface area contributed by atoms with Gasteiger partial charge in [0.2, 0.25) is 0 Å². The molecule has 0 unspecified atom stereocenters. The minimum atomic E-state index is -3.67. The van der Waals surface area contributed by atoms with Crippen LogP contribution in [0.5, 0.6) is 0 Å². The van der Waals surface area contributed by atoms with E-state index in [4.69, 9.17) is 4.55 Å². The van der Waals surface area contributed by atoms with Crippen molar-refractivity contribution in [3.8, 4) is 0 Å². The van der Waals surface area contributed by atoms with Crippen LogP contribution in [0.15, 0.2) is 0 Å².